The highest BCUT2D eigenvalue weighted by molar-refractivity contribution is 5.97. The monoisotopic (exact) mass is 331 g/mol. The molecule has 0 fully saturated rings. The van der Waals surface area contributed by atoms with Crippen molar-refractivity contribution in [3.05, 3.63) is 29.3 Å². The minimum Gasteiger partial charge on any atom is -0.309 e. The van der Waals surface area contributed by atoms with Gasteiger partial charge in [-0.2, -0.15) is 0 Å². The quantitative estimate of drug-likeness (QED) is 0.537. The molecule has 0 saturated carbocycles. The maximum absolute atomic E-state index is 13.3. The molecule has 2 nitrogen and oxygen atoms in total. The number of benzene rings is 1. The number of amides is 1. The Balaban J connectivity index is 3.30. The van der Waals surface area contributed by atoms with E-state index in [4.69, 9.17) is 0 Å². The van der Waals surface area contributed by atoms with Gasteiger partial charge in [-0.3, -0.25) is 4.79 Å². The number of anilines is 1. The fourth-order valence-electron chi connectivity index (χ4n) is 3.23. The van der Waals surface area contributed by atoms with Crippen LogP contribution in [0.15, 0.2) is 18.2 Å². The standard InChI is InChI=1S/C22H37NO/c1-8-10-12-19(13-11-9-2)23(21(24)22(5,6)7)20-15-17(3)14-18(4)16-20/h14-16,19H,8-13H2,1-7H3. The Bertz CT molecular complexity index is 499. The molecule has 0 spiro atoms. The maximum Gasteiger partial charge on any atom is 0.232 e. The van der Waals surface area contributed by atoms with E-state index >= 15 is 0 Å². The van der Waals surface area contributed by atoms with Gasteiger partial charge in [-0.25, -0.2) is 0 Å². The predicted molar refractivity (Wildman–Crippen MR) is 106 cm³/mol. The number of hydrogen-bond donors (Lipinski definition) is 0. The third-order valence-electron chi connectivity index (χ3n) is 4.49. The van der Waals surface area contributed by atoms with E-state index in [1.807, 2.05) is 20.8 Å². The lowest BCUT2D eigenvalue weighted by Crippen LogP contribution is -2.46. The van der Waals surface area contributed by atoms with Gasteiger partial charge in [0.05, 0.1) is 0 Å². The Morgan fingerprint density at radius 2 is 1.42 bits per heavy atom. The van der Waals surface area contributed by atoms with Crippen molar-refractivity contribution in [2.45, 2.75) is 93.0 Å². The van der Waals surface area contributed by atoms with E-state index in [-0.39, 0.29) is 11.3 Å². The van der Waals surface area contributed by atoms with E-state index in [2.05, 4.69) is 50.8 Å². The van der Waals surface area contributed by atoms with Gasteiger partial charge in [-0.15, -0.1) is 0 Å². The molecule has 0 N–H and O–H groups in total. The minimum atomic E-state index is -0.367. The lowest BCUT2D eigenvalue weighted by Gasteiger charge is -2.37. The molecule has 0 radical (unpaired) electrons. The van der Waals surface area contributed by atoms with Gasteiger partial charge < -0.3 is 4.90 Å². The number of nitrogens with zero attached hydrogens (tertiary/aromatic N) is 1. The van der Waals surface area contributed by atoms with Gasteiger partial charge in [0, 0.05) is 17.1 Å². The van der Waals surface area contributed by atoms with Crippen molar-refractivity contribution in [1.82, 2.24) is 0 Å². The molecule has 1 amide bonds. The molecule has 0 aliphatic carbocycles. The van der Waals surface area contributed by atoms with E-state index < -0.39 is 0 Å². The second-order valence-electron chi connectivity index (χ2n) is 8.21. The van der Waals surface area contributed by atoms with Crippen molar-refractivity contribution < 1.29 is 4.79 Å². The van der Waals surface area contributed by atoms with Crippen LogP contribution in [0.1, 0.15) is 84.3 Å². The summed E-state index contributed by atoms with van der Waals surface area (Å²) in [6, 6.07) is 6.82. The van der Waals surface area contributed by atoms with Gasteiger partial charge >= 0.3 is 0 Å². The average Bonchev–Trinajstić information content (AvgIpc) is 2.47. The van der Waals surface area contributed by atoms with Gasteiger partial charge in [-0.05, 0) is 49.9 Å². The molecule has 24 heavy (non-hydrogen) atoms. The molecule has 0 bridgehead atoms. The molecule has 1 aromatic rings. The molecule has 0 atom stereocenters. The molecule has 2 heteroatoms. The zero-order chi connectivity index (χ0) is 18.3. The molecule has 0 aliphatic heterocycles. The molecule has 136 valence electrons. The summed E-state index contributed by atoms with van der Waals surface area (Å²) in [7, 11) is 0. The molecular weight excluding hydrogens is 294 g/mol. The molecule has 0 heterocycles. The van der Waals surface area contributed by atoms with E-state index in [0.717, 1.165) is 18.5 Å². The fourth-order valence-corrected chi connectivity index (χ4v) is 3.23. The van der Waals surface area contributed by atoms with E-state index in [1.54, 1.807) is 0 Å². The highest BCUT2D eigenvalue weighted by atomic mass is 16.2. The smallest absolute Gasteiger partial charge is 0.232 e. The van der Waals surface area contributed by atoms with Crippen LogP contribution in [0.5, 0.6) is 0 Å². The van der Waals surface area contributed by atoms with E-state index in [0.29, 0.717) is 6.04 Å². The average molecular weight is 332 g/mol. The first-order valence-corrected chi connectivity index (χ1v) is 9.62. The van der Waals surface area contributed by atoms with Crippen LogP contribution in [0.3, 0.4) is 0 Å². The van der Waals surface area contributed by atoms with Gasteiger partial charge in [0.25, 0.3) is 0 Å². The first kappa shape index (κ1) is 20.7. The summed E-state index contributed by atoms with van der Waals surface area (Å²) in [5.74, 6) is 0.240. The molecule has 0 saturated heterocycles. The third kappa shape index (κ3) is 5.96. The molecule has 1 rings (SSSR count). The first-order chi connectivity index (χ1) is 11.2. The van der Waals surface area contributed by atoms with Crippen LogP contribution in [0.4, 0.5) is 5.69 Å². The molecule has 0 unspecified atom stereocenters. The zero-order valence-corrected chi connectivity index (χ0v) is 16.9. The first-order valence-electron chi connectivity index (χ1n) is 9.62. The third-order valence-corrected chi connectivity index (χ3v) is 4.49. The topological polar surface area (TPSA) is 20.3 Å². The highest BCUT2D eigenvalue weighted by Gasteiger charge is 2.32. The number of carbonyl (C=O) groups excluding carboxylic acids is 1. The normalized spacial score (nSPS) is 11.8. The summed E-state index contributed by atoms with van der Waals surface area (Å²) >= 11 is 0. The second kappa shape index (κ2) is 9.25. The number of unbranched alkanes of at least 4 members (excludes halogenated alkanes) is 2. The van der Waals surface area contributed by atoms with Crippen molar-refractivity contribution in [2.24, 2.45) is 5.41 Å². The molecule has 0 aliphatic rings. The van der Waals surface area contributed by atoms with Crippen LogP contribution in [0, 0.1) is 19.3 Å². The molecule has 0 aromatic heterocycles. The zero-order valence-electron chi connectivity index (χ0n) is 16.9. The number of rotatable bonds is 8. The number of hydrogen-bond acceptors (Lipinski definition) is 1. The van der Waals surface area contributed by atoms with Gasteiger partial charge in [0.15, 0.2) is 0 Å². The summed E-state index contributed by atoms with van der Waals surface area (Å²) in [6.07, 6.45) is 6.87. The summed E-state index contributed by atoms with van der Waals surface area (Å²) < 4.78 is 0. The Morgan fingerprint density at radius 1 is 0.958 bits per heavy atom. The summed E-state index contributed by atoms with van der Waals surface area (Å²) in [6.45, 7) is 14.8. The maximum atomic E-state index is 13.3. The second-order valence-corrected chi connectivity index (χ2v) is 8.21. The summed E-state index contributed by atoms with van der Waals surface area (Å²) in [5.41, 5.74) is 3.15. The van der Waals surface area contributed by atoms with Crippen LogP contribution in [0.25, 0.3) is 0 Å². The van der Waals surface area contributed by atoms with Crippen molar-refractivity contribution in [3.63, 3.8) is 0 Å². The number of carbonyl (C=O) groups is 1. The van der Waals surface area contributed by atoms with Crippen molar-refractivity contribution in [3.8, 4) is 0 Å². The van der Waals surface area contributed by atoms with E-state index in [9.17, 15) is 4.79 Å². The van der Waals surface area contributed by atoms with Crippen LogP contribution in [-0.4, -0.2) is 11.9 Å². The van der Waals surface area contributed by atoms with Crippen LogP contribution in [0.2, 0.25) is 0 Å². The molecular formula is C22H37NO. The van der Waals surface area contributed by atoms with Crippen molar-refractivity contribution in [2.75, 3.05) is 4.90 Å². The Labute approximate surface area is 149 Å². The van der Waals surface area contributed by atoms with Crippen LogP contribution in [-0.2, 0) is 4.79 Å². The lowest BCUT2D eigenvalue weighted by atomic mass is 9.91. The van der Waals surface area contributed by atoms with Gasteiger partial charge in [0.2, 0.25) is 5.91 Å². The summed E-state index contributed by atoms with van der Waals surface area (Å²) in [5, 5.41) is 0. The number of aryl methyl sites for hydroxylation is 2. The SMILES string of the molecule is CCCCC(CCCC)N(C(=O)C(C)(C)C)c1cc(C)cc(C)c1. The Hall–Kier alpha value is -1.31. The van der Waals surface area contributed by atoms with Crippen LogP contribution < -0.4 is 4.90 Å². The van der Waals surface area contributed by atoms with Crippen molar-refractivity contribution >= 4 is 11.6 Å². The fraction of sp³-hybridized carbons (Fsp3) is 0.682. The summed E-state index contributed by atoms with van der Waals surface area (Å²) in [4.78, 5) is 15.4. The van der Waals surface area contributed by atoms with Gasteiger partial charge in [0.1, 0.15) is 0 Å². The van der Waals surface area contributed by atoms with Crippen molar-refractivity contribution in [1.29, 1.82) is 0 Å². The Morgan fingerprint density at radius 3 is 1.79 bits per heavy atom. The molecule has 1 aromatic carbocycles. The Kier molecular flexibility index (Phi) is 7.99. The lowest BCUT2D eigenvalue weighted by molar-refractivity contribution is -0.126. The van der Waals surface area contributed by atoms with Crippen LogP contribution >= 0.6 is 0 Å². The largest absolute Gasteiger partial charge is 0.309 e. The van der Waals surface area contributed by atoms with Gasteiger partial charge in [-0.1, -0.05) is 66.4 Å². The predicted octanol–water partition coefficient (Wildman–Crippen LogP) is 6.43. The minimum absolute atomic E-state index is 0.240. The highest BCUT2D eigenvalue weighted by Crippen LogP contribution is 2.30. The van der Waals surface area contributed by atoms with E-state index in [1.165, 1.54) is 36.8 Å².